The van der Waals surface area contributed by atoms with E-state index in [0.717, 1.165) is 0 Å². The minimum Gasteiger partial charge on any atom is -0.392 e. The summed E-state index contributed by atoms with van der Waals surface area (Å²) in [7, 11) is 0. The van der Waals surface area contributed by atoms with Crippen LogP contribution in [0, 0.1) is 0 Å². The van der Waals surface area contributed by atoms with Gasteiger partial charge in [0.05, 0.1) is 6.61 Å². The SMILES string of the molecule is CCCN(CC(F)(F)F)c1cc(Br)ccc1CO. The van der Waals surface area contributed by atoms with Crippen molar-refractivity contribution in [2.45, 2.75) is 26.1 Å². The number of hydrogen-bond acceptors (Lipinski definition) is 2. The van der Waals surface area contributed by atoms with Crippen molar-refractivity contribution in [1.29, 1.82) is 0 Å². The fourth-order valence-corrected chi connectivity index (χ4v) is 2.09. The van der Waals surface area contributed by atoms with Gasteiger partial charge in [-0.2, -0.15) is 13.2 Å². The second-order valence-corrected chi connectivity index (χ2v) is 4.88. The Balaban J connectivity index is 3.07. The third-order valence-electron chi connectivity index (χ3n) is 2.42. The normalized spacial score (nSPS) is 11.7. The molecule has 0 heterocycles. The van der Waals surface area contributed by atoms with Crippen LogP contribution >= 0.6 is 15.9 Å². The summed E-state index contributed by atoms with van der Waals surface area (Å²) in [5, 5.41) is 9.20. The van der Waals surface area contributed by atoms with Crippen LogP contribution in [0.5, 0.6) is 0 Å². The smallest absolute Gasteiger partial charge is 0.392 e. The van der Waals surface area contributed by atoms with Gasteiger partial charge in [0.25, 0.3) is 0 Å². The second kappa shape index (κ2) is 6.43. The number of halogens is 4. The molecular weight excluding hydrogens is 311 g/mol. The first kappa shape index (κ1) is 15.3. The first-order chi connectivity index (χ1) is 8.37. The molecule has 1 aromatic rings. The zero-order valence-electron chi connectivity index (χ0n) is 9.97. The molecule has 1 aromatic carbocycles. The Labute approximate surface area is 113 Å². The number of rotatable bonds is 5. The molecular formula is C12H15BrF3NO. The summed E-state index contributed by atoms with van der Waals surface area (Å²) in [5.41, 5.74) is 0.918. The molecule has 0 saturated heterocycles. The van der Waals surface area contributed by atoms with Crippen LogP contribution in [-0.2, 0) is 6.61 Å². The molecule has 0 fully saturated rings. The zero-order chi connectivity index (χ0) is 13.8. The van der Waals surface area contributed by atoms with E-state index in [0.29, 0.717) is 28.7 Å². The first-order valence-electron chi connectivity index (χ1n) is 5.58. The lowest BCUT2D eigenvalue weighted by Crippen LogP contribution is -2.35. The monoisotopic (exact) mass is 325 g/mol. The largest absolute Gasteiger partial charge is 0.405 e. The molecule has 1 N–H and O–H groups in total. The van der Waals surface area contributed by atoms with E-state index >= 15 is 0 Å². The Hall–Kier alpha value is -0.750. The third-order valence-corrected chi connectivity index (χ3v) is 2.92. The van der Waals surface area contributed by atoms with Crippen LogP contribution in [0.1, 0.15) is 18.9 Å². The van der Waals surface area contributed by atoms with Gasteiger partial charge < -0.3 is 10.0 Å². The Morgan fingerprint density at radius 1 is 1.33 bits per heavy atom. The minimum absolute atomic E-state index is 0.277. The van der Waals surface area contributed by atoms with E-state index in [4.69, 9.17) is 0 Å². The van der Waals surface area contributed by atoms with E-state index in [1.165, 1.54) is 4.90 Å². The van der Waals surface area contributed by atoms with Gasteiger partial charge in [0.2, 0.25) is 0 Å². The summed E-state index contributed by atoms with van der Waals surface area (Å²) in [6.07, 6.45) is -3.66. The first-order valence-corrected chi connectivity index (χ1v) is 6.37. The lowest BCUT2D eigenvalue weighted by molar-refractivity contribution is -0.119. The third kappa shape index (κ3) is 4.49. The van der Waals surface area contributed by atoms with Crippen molar-refractivity contribution in [3.8, 4) is 0 Å². The summed E-state index contributed by atoms with van der Waals surface area (Å²) in [5.74, 6) is 0. The molecule has 2 nitrogen and oxygen atoms in total. The number of nitrogens with zero attached hydrogens (tertiary/aromatic N) is 1. The van der Waals surface area contributed by atoms with Gasteiger partial charge in [-0.1, -0.05) is 28.9 Å². The van der Waals surface area contributed by atoms with Crippen molar-refractivity contribution in [2.75, 3.05) is 18.0 Å². The minimum atomic E-state index is -4.26. The molecule has 0 radical (unpaired) electrons. The van der Waals surface area contributed by atoms with Crippen LogP contribution in [0.25, 0.3) is 0 Å². The van der Waals surface area contributed by atoms with Crippen LogP contribution in [0.2, 0.25) is 0 Å². The van der Waals surface area contributed by atoms with Crippen molar-refractivity contribution in [1.82, 2.24) is 0 Å². The molecule has 0 amide bonds. The van der Waals surface area contributed by atoms with Crippen molar-refractivity contribution >= 4 is 21.6 Å². The van der Waals surface area contributed by atoms with Gasteiger partial charge in [-0.15, -0.1) is 0 Å². The highest BCUT2D eigenvalue weighted by Gasteiger charge is 2.31. The van der Waals surface area contributed by atoms with Gasteiger partial charge in [0, 0.05) is 22.3 Å². The maximum absolute atomic E-state index is 12.5. The number of anilines is 1. The molecule has 0 aliphatic carbocycles. The second-order valence-electron chi connectivity index (χ2n) is 3.97. The highest BCUT2D eigenvalue weighted by Crippen LogP contribution is 2.28. The van der Waals surface area contributed by atoms with Crippen molar-refractivity contribution in [3.63, 3.8) is 0 Å². The molecule has 0 atom stereocenters. The van der Waals surface area contributed by atoms with E-state index in [1.807, 2.05) is 6.92 Å². The average molecular weight is 326 g/mol. The molecule has 6 heteroatoms. The fourth-order valence-electron chi connectivity index (χ4n) is 1.74. The van der Waals surface area contributed by atoms with Crippen LogP contribution in [0.3, 0.4) is 0 Å². The quantitative estimate of drug-likeness (QED) is 0.891. The van der Waals surface area contributed by atoms with Gasteiger partial charge in [0.15, 0.2) is 0 Å². The fraction of sp³-hybridized carbons (Fsp3) is 0.500. The lowest BCUT2D eigenvalue weighted by atomic mass is 10.1. The number of alkyl halides is 3. The highest BCUT2D eigenvalue weighted by molar-refractivity contribution is 9.10. The summed E-state index contributed by atoms with van der Waals surface area (Å²) in [6, 6.07) is 4.93. The Morgan fingerprint density at radius 2 is 2.00 bits per heavy atom. The summed E-state index contributed by atoms with van der Waals surface area (Å²) in [4.78, 5) is 1.25. The lowest BCUT2D eigenvalue weighted by Gasteiger charge is -2.27. The molecule has 0 spiro atoms. The molecule has 1 rings (SSSR count). The highest BCUT2D eigenvalue weighted by atomic mass is 79.9. The van der Waals surface area contributed by atoms with E-state index in [9.17, 15) is 18.3 Å². The van der Waals surface area contributed by atoms with Gasteiger partial charge in [-0.3, -0.25) is 0 Å². The number of benzene rings is 1. The summed E-state index contributed by atoms with van der Waals surface area (Å²) in [6.45, 7) is 0.827. The Morgan fingerprint density at radius 3 is 2.50 bits per heavy atom. The number of aliphatic hydroxyl groups excluding tert-OH is 1. The zero-order valence-corrected chi connectivity index (χ0v) is 11.6. The molecule has 0 bridgehead atoms. The van der Waals surface area contributed by atoms with Crippen LogP contribution in [0.4, 0.5) is 18.9 Å². The Bertz CT molecular complexity index is 395. The molecule has 0 aromatic heterocycles. The molecule has 18 heavy (non-hydrogen) atoms. The Kier molecular flexibility index (Phi) is 5.47. The maximum atomic E-state index is 12.5. The van der Waals surface area contributed by atoms with Gasteiger partial charge in [-0.25, -0.2) is 0 Å². The van der Waals surface area contributed by atoms with Crippen molar-refractivity contribution < 1.29 is 18.3 Å². The van der Waals surface area contributed by atoms with E-state index in [-0.39, 0.29) is 6.61 Å². The van der Waals surface area contributed by atoms with Gasteiger partial charge in [0.1, 0.15) is 6.54 Å². The number of hydrogen-bond donors (Lipinski definition) is 1. The van der Waals surface area contributed by atoms with Crippen LogP contribution in [0.15, 0.2) is 22.7 Å². The topological polar surface area (TPSA) is 23.5 Å². The molecule has 0 aliphatic heterocycles. The maximum Gasteiger partial charge on any atom is 0.405 e. The molecule has 0 aliphatic rings. The van der Waals surface area contributed by atoms with E-state index in [1.54, 1.807) is 18.2 Å². The predicted octanol–water partition coefficient (Wildman–Crippen LogP) is 3.72. The molecule has 0 saturated carbocycles. The number of aliphatic hydroxyl groups is 1. The van der Waals surface area contributed by atoms with E-state index < -0.39 is 12.7 Å². The van der Waals surface area contributed by atoms with Gasteiger partial charge in [-0.05, 0) is 18.6 Å². The van der Waals surface area contributed by atoms with E-state index in [2.05, 4.69) is 15.9 Å². The van der Waals surface area contributed by atoms with Crippen molar-refractivity contribution in [3.05, 3.63) is 28.2 Å². The van der Waals surface area contributed by atoms with Crippen LogP contribution in [-0.4, -0.2) is 24.4 Å². The molecule has 102 valence electrons. The summed E-state index contributed by atoms with van der Waals surface area (Å²) < 4.78 is 38.3. The van der Waals surface area contributed by atoms with Crippen LogP contribution < -0.4 is 4.90 Å². The average Bonchev–Trinajstić information content (AvgIpc) is 2.26. The standard InChI is InChI=1S/C12H15BrF3NO/c1-2-5-17(8-12(14,15)16)11-6-10(13)4-3-9(11)7-18/h3-4,6,18H,2,5,7-8H2,1H3. The van der Waals surface area contributed by atoms with Crippen molar-refractivity contribution in [2.24, 2.45) is 0 Å². The van der Waals surface area contributed by atoms with Gasteiger partial charge >= 0.3 is 6.18 Å². The molecule has 0 unspecified atom stereocenters. The summed E-state index contributed by atoms with van der Waals surface area (Å²) >= 11 is 3.24. The predicted molar refractivity (Wildman–Crippen MR) is 68.6 cm³/mol.